The SMILES string of the molecule is CC.Cc1ccc(-c2ccnnc2)cc1. The van der Waals surface area contributed by atoms with Gasteiger partial charge in [-0.25, -0.2) is 0 Å². The first-order chi connectivity index (χ1) is 7.36. The lowest BCUT2D eigenvalue weighted by Crippen LogP contribution is -1.82. The standard InChI is InChI=1S/C11H10N2.C2H6/c1-9-2-4-10(5-3-9)11-6-7-12-13-8-11;1-2/h2-8H,1H3;1-2H3. The van der Waals surface area contributed by atoms with Crippen molar-refractivity contribution in [2.45, 2.75) is 20.8 Å². The van der Waals surface area contributed by atoms with Crippen molar-refractivity contribution in [2.24, 2.45) is 0 Å². The predicted molar refractivity (Wildman–Crippen MR) is 63.6 cm³/mol. The second-order valence-corrected chi connectivity index (χ2v) is 3.00. The molecule has 0 aliphatic carbocycles. The molecule has 0 N–H and O–H groups in total. The van der Waals surface area contributed by atoms with Gasteiger partial charge in [-0.15, -0.1) is 0 Å². The number of aromatic nitrogens is 2. The fourth-order valence-corrected chi connectivity index (χ4v) is 1.21. The molecule has 0 atom stereocenters. The lowest BCUT2D eigenvalue weighted by molar-refractivity contribution is 1.03. The third-order valence-corrected chi connectivity index (χ3v) is 1.97. The van der Waals surface area contributed by atoms with Crippen molar-refractivity contribution in [2.75, 3.05) is 0 Å². The molecule has 1 aromatic heterocycles. The molecule has 2 nitrogen and oxygen atoms in total. The van der Waals surface area contributed by atoms with E-state index in [4.69, 9.17) is 0 Å². The highest BCUT2D eigenvalue weighted by Crippen LogP contribution is 2.17. The Morgan fingerprint density at radius 2 is 1.47 bits per heavy atom. The first-order valence-electron chi connectivity index (χ1n) is 5.20. The van der Waals surface area contributed by atoms with Gasteiger partial charge >= 0.3 is 0 Å². The molecule has 0 fully saturated rings. The molecule has 15 heavy (non-hydrogen) atoms. The lowest BCUT2D eigenvalue weighted by Gasteiger charge is -1.99. The minimum Gasteiger partial charge on any atom is -0.159 e. The largest absolute Gasteiger partial charge is 0.159 e. The van der Waals surface area contributed by atoms with Crippen LogP contribution < -0.4 is 0 Å². The van der Waals surface area contributed by atoms with Crippen LogP contribution in [-0.2, 0) is 0 Å². The smallest absolute Gasteiger partial charge is 0.0574 e. The molecule has 1 heterocycles. The van der Waals surface area contributed by atoms with Crippen LogP contribution in [0.2, 0.25) is 0 Å². The summed E-state index contributed by atoms with van der Waals surface area (Å²) in [6.45, 7) is 6.08. The molecule has 0 saturated carbocycles. The summed E-state index contributed by atoms with van der Waals surface area (Å²) in [5, 5.41) is 7.57. The minimum absolute atomic E-state index is 1.11. The van der Waals surface area contributed by atoms with Gasteiger partial charge in [0, 0.05) is 5.56 Å². The number of rotatable bonds is 1. The summed E-state index contributed by atoms with van der Waals surface area (Å²) >= 11 is 0. The van der Waals surface area contributed by atoms with Gasteiger partial charge in [-0.2, -0.15) is 10.2 Å². The Labute approximate surface area is 91.0 Å². The normalized spacial score (nSPS) is 9.00. The van der Waals surface area contributed by atoms with E-state index in [9.17, 15) is 0 Å². The van der Waals surface area contributed by atoms with Crippen LogP contribution in [0.15, 0.2) is 42.7 Å². The summed E-state index contributed by atoms with van der Waals surface area (Å²) in [4.78, 5) is 0. The quantitative estimate of drug-likeness (QED) is 0.704. The Bertz CT molecular complexity index is 379. The molecule has 0 bridgehead atoms. The molecule has 0 aliphatic heterocycles. The van der Waals surface area contributed by atoms with Crippen LogP contribution in [0.1, 0.15) is 19.4 Å². The summed E-state index contributed by atoms with van der Waals surface area (Å²) in [5.74, 6) is 0. The van der Waals surface area contributed by atoms with Crippen molar-refractivity contribution < 1.29 is 0 Å². The van der Waals surface area contributed by atoms with E-state index in [0.717, 1.165) is 5.56 Å². The van der Waals surface area contributed by atoms with Crippen molar-refractivity contribution in [1.29, 1.82) is 0 Å². The van der Waals surface area contributed by atoms with Crippen molar-refractivity contribution in [1.82, 2.24) is 10.2 Å². The van der Waals surface area contributed by atoms with Crippen LogP contribution in [0.4, 0.5) is 0 Å². The van der Waals surface area contributed by atoms with E-state index in [-0.39, 0.29) is 0 Å². The summed E-state index contributed by atoms with van der Waals surface area (Å²) < 4.78 is 0. The minimum atomic E-state index is 1.11. The number of hydrogen-bond acceptors (Lipinski definition) is 2. The molecule has 0 saturated heterocycles. The van der Waals surface area contributed by atoms with Gasteiger partial charge < -0.3 is 0 Å². The second kappa shape index (κ2) is 5.91. The van der Waals surface area contributed by atoms with Crippen LogP contribution in [0.25, 0.3) is 11.1 Å². The van der Waals surface area contributed by atoms with Crippen molar-refractivity contribution in [3.8, 4) is 11.1 Å². The molecule has 0 unspecified atom stereocenters. The highest BCUT2D eigenvalue weighted by atomic mass is 15.1. The monoisotopic (exact) mass is 200 g/mol. The van der Waals surface area contributed by atoms with Gasteiger partial charge in [0.25, 0.3) is 0 Å². The highest BCUT2D eigenvalue weighted by Gasteiger charge is 1.95. The van der Waals surface area contributed by atoms with E-state index < -0.39 is 0 Å². The maximum Gasteiger partial charge on any atom is 0.0574 e. The van der Waals surface area contributed by atoms with Gasteiger partial charge in [-0.3, -0.25) is 0 Å². The topological polar surface area (TPSA) is 25.8 Å². The van der Waals surface area contributed by atoms with Gasteiger partial charge in [0.05, 0.1) is 12.4 Å². The van der Waals surface area contributed by atoms with Crippen LogP contribution >= 0.6 is 0 Å². The maximum atomic E-state index is 3.83. The van der Waals surface area contributed by atoms with E-state index in [0.29, 0.717) is 0 Å². The number of nitrogens with zero attached hydrogens (tertiary/aromatic N) is 2. The van der Waals surface area contributed by atoms with Crippen LogP contribution in [0, 0.1) is 6.92 Å². The zero-order valence-corrected chi connectivity index (χ0v) is 9.44. The molecule has 1 aromatic carbocycles. The third-order valence-electron chi connectivity index (χ3n) is 1.97. The molecule has 0 spiro atoms. The van der Waals surface area contributed by atoms with Crippen LogP contribution in [-0.4, -0.2) is 10.2 Å². The predicted octanol–water partition coefficient (Wildman–Crippen LogP) is 3.48. The molecule has 78 valence electrons. The summed E-state index contributed by atoms with van der Waals surface area (Å²) in [7, 11) is 0. The Hall–Kier alpha value is -1.70. The number of hydrogen-bond donors (Lipinski definition) is 0. The van der Waals surface area contributed by atoms with Crippen molar-refractivity contribution >= 4 is 0 Å². The molecule has 2 aromatic rings. The second-order valence-electron chi connectivity index (χ2n) is 3.00. The average molecular weight is 200 g/mol. The number of benzene rings is 1. The molecule has 0 radical (unpaired) electrons. The van der Waals surface area contributed by atoms with Gasteiger partial charge in [-0.1, -0.05) is 43.7 Å². The van der Waals surface area contributed by atoms with Crippen LogP contribution in [0.5, 0.6) is 0 Å². The van der Waals surface area contributed by atoms with Crippen molar-refractivity contribution in [3.05, 3.63) is 48.3 Å². The van der Waals surface area contributed by atoms with Gasteiger partial charge in [-0.05, 0) is 18.6 Å². The zero-order chi connectivity index (χ0) is 11.1. The fourth-order valence-electron chi connectivity index (χ4n) is 1.21. The first-order valence-corrected chi connectivity index (χ1v) is 5.20. The van der Waals surface area contributed by atoms with Gasteiger partial charge in [0.1, 0.15) is 0 Å². The van der Waals surface area contributed by atoms with Crippen LogP contribution in [0.3, 0.4) is 0 Å². The molecular formula is C13H16N2. The van der Waals surface area contributed by atoms with E-state index in [1.54, 1.807) is 12.4 Å². The van der Waals surface area contributed by atoms with E-state index in [2.05, 4.69) is 41.4 Å². The Morgan fingerprint density at radius 3 is 2.00 bits per heavy atom. The van der Waals surface area contributed by atoms with E-state index in [1.807, 2.05) is 19.9 Å². The zero-order valence-electron chi connectivity index (χ0n) is 9.44. The Morgan fingerprint density at radius 1 is 0.800 bits per heavy atom. The summed E-state index contributed by atoms with van der Waals surface area (Å²) in [6.07, 6.45) is 3.47. The van der Waals surface area contributed by atoms with Gasteiger partial charge in [0.15, 0.2) is 0 Å². The molecule has 2 rings (SSSR count). The first kappa shape index (κ1) is 11.4. The molecule has 2 heteroatoms. The van der Waals surface area contributed by atoms with Crippen molar-refractivity contribution in [3.63, 3.8) is 0 Å². The van der Waals surface area contributed by atoms with E-state index in [1.165, 1.54) is 11.1 Å². The molecule has 0 amide bonds. The van der Waals surface area contributed by atoms with E-state index >= 15 is 0 Å². The highest BCUT2D eigenvalue weighted by molar-refractivity contribution is 5.61. The maximum absolute atomic E-state index is 3.83. The summed E-state index contributed by atoms with van der Waals surface area (Å²) in [5.41, 5.74) is 3.56. The Kier molecular flexibility index (Phi) is 4.48. The lowest BCUT2D eigenvalue weighted by atomic mass is 10.1. The number of aryl methyl sites for hydroxylation is 1. The molecular weight excluding hydrogens is 184 g/mol. The average Bonchev–Trinajstić information content (AvgIpc) is 2.34. The summed E-state index contributed by atoms with van der Waals surface area (Å²) in [6, 6.07) is 10.3. The Balaban J connectivity index is 0.000000531. The molecule has 0 aliphatic rings. The third kappa shape index (κ3) is 3.17. The fraction of sp³-hybridized carbons (Fsp3) is 0.231. The van der Waals surface area contributed by atoms with Gasteiger partial charge in [0.2, 0.25) is 0 Å².